The number of hydrogen-bond acceptors (Lipinski definition) is 5. The van der Waals surface area contributed by atoms with E-state index in [1.807, 2.05) is 48.2 Å². The number of carbonyl (C=O) groups is 2. The molecule has 6 heteroatoms. The Morgan fingerprint density at radius 3 is 2.81 bits per heavy atom. The number of thioether (sulfide) groups is 1. The maximum absolute atomic E-state index is 13.2. The molecule has 0 aromatic heterocycles. The lowest BCUT2D eigenvalue weighted by Gasteiger charge is -2.20. The van der Waals surface area contributed by atoms with Crippen LogP contribution in [0.2, 0.25) is 0 Å². The molecule has 1 saturated heterocycles. The Kier molecular flexibility index (Phi) is 6.04. The number of esters is 1. The van der Waals surface area contributed by atoms with Crippen molar-refractivity contribution in [1.82, 2.24) is 4.90 Å². The number of benzene rings is 2. The van der Waals surface area contributed by atoms with Crippen molar-refractivity contribution in [2.45, 2.75) is 18.6 Å². The van der Waals surface area contributed by atoms with Crippen molar-refractivity contribution in [2.24, 2.45) is 0 Å². The van der Waals surface area contributed by atoms with Gasteiger partial charge in [-0.05, 0) is 30.2 Å². The van der Waals surface area contributed by atoms with Crippen molar-refractivity contribution >= 4 is 34.4 Å². The van der Waals surface area contributed by atoms with E-state index < -0.39 is 0 Å². The molecule has 1 aliphatic heterocycles. The summed E-state index contributed by atoms with van der Waals surface area (Å²) < 4.78 is 10.4. The van der Waals surface area contributed by atoms with Crippen LogP contribution in [0, 0.1) is 0 Å². The molecule has 3 rings (SSSR count). The molecule has 1 aliphatic rings. The van der Waals surface area contributed by atoms with Gasteiger partial charge in [0, 0.05) is 18.3 Å². The molecule has 0 radical (unpaired) electrons. The first-order chi connectivity index (χ1) is 12.6. The molecular formula is C20H23NO4S. The van der Waals surface area contributed by atoms with E-state index in [1.54, 1.807) is 11.8 Å². The van der Waals surface area contributed by atoms with Crippen LogP contribution < -0.4 is 4.74 Å². The maximum atomic E-state index is 13.2. The minimum atomic E-state index is -0.229. The van der Waals surface area contributed by atoms with Crippen LogP contribution in [0.5, 0.6) is 5.75 Å². The molecule has 0 bridgehead atoms. The number of hydrogen-bond donors (Lipinski definition) is 0. The molecule has 2 aromatic carbocycles. The monoisotopic (exact) mass is 373 g/mol. The Morgan fingerprint density at radius 2 is 2.04 bits per heavy atom. The van der Waals surface area contributed by atoms with Crippen LogP contribution in [0.1, 0.15) is 23.7 Å². The largest absolute Gasteiger partial charge is 0.493 e. The first kappa shape index (κ1) is 18.6. The zero-order valence-corrected chi connectivity index (χ0v) is 15.9. The van der Waals surface area contributed by atoms with Crippen molar-refractivity contribution in [3.63, 3.8) is 0 Å². The lowest BCUT2D eigenvalue weighted by molar-refractivity contribution is -0.137. The normalized spacial score (nSPS) is 16.7. The van der Waals surface area contributed by atoms with E-state index in [1.165, 1.54) is 7.11 Å². The number of ether oxygens (including phenoxy) is 2. The second-order valence-corrected chi connectivity index (χ2v) is 7.43. The molecule has 5 nitrogen and oxygen atoms in total. The Bertz CT molecular complexity index is 807. The van der Waals surface area contributed by atoms with Crippen LogP contribution in [0.25, 0.3) is 10.8 Å². The van der Waals surface area contributed by atoms with Gasteiger partial charge in [0.15, 0.2) is 0 Å². The third kappa shape index (κ3) is 3.96. The van der Waals surface area contributed by atoms with Crippen molar-refractivity contribution in [3.05, 3.63) is 42.0 Å². The van der Waals surface area contributed by atoms with Crippen LogP contribution in [0.15, 0.2) is 36.4 Å². The van der Waals surface area contributed by atoms with Crippen LogP contribution in [-0.4, -0.2) is 54.6 Å². The van der Waals surface area contributed by atoms with E-state index >= 15 is 0 Å². The fourth-order valence-corrected chi connectivity index (χ4v) is 4.25. The molecule has 0 unspecified atom stereocenters. The average Bonchev–Trinajstić information content (AvgIpc) is 3.14. The van der Waals surface area contributed by atoms with Crippen LogP contribution >= 0.6 is 11.8 Å². The Balaban J connectivity index is 1.81. The first-order valence-electron chi connectivity index (χ1n) is 8.76. The number of rotatable bonds is 6. The summed E-state index contributed by atoms with van der Waals surface area (Å²) in [7, 11) is 1.39. The van der Waals surface area contributed by atoms with Gasteiger partial charge in [-0.15, -0.1) is 11.8 Å². The lowest BCUT2D eigenvalue weighted by atomic mass is 10.0. The van der Waals surface area contributed by atoms with Crippen molar-refractivity contribution in [2.75, 3.05) is 32.6 Å². The second kappa shape index (κ2) is 8.45. The maximum Gasteiger partial charge on any atom is 0.315 e. The molecule has 0 spiro atoms. The third-order valence-electron chi connectivity index (χ3n) is 4.50. The summed E-state index contributed by atoms with van der Waals surface area (Å²) in [5, 5.41) is 2.19. The standard InChI is InChI=1S/C20H23NO4S/c1-3-25-17-9-8-14-6-4-5-7-16(14)19(17)20(23)21-11-10-15(12-21)26-13-18(22)24-2/h4-9,15H,3,10-13H2,1-2H3/t15-/m1/s1. The topological polar surface area (TPSA) is 55.8 Å². The molecule has 1 amide bonds. The lowest BCUT2D eigenvalue weighted by Crippen LogP contribution is -2.30. The summed E-state index contributed by atoms with van der Waals surface area (Å²) in [6, 6.07) is 11.7. The van der Waals surface area contributed by atoms with Gasteiger partial charge in [0.25, 0.3) is 5.91 Å². The van der Waals surface area contributed by atoms with Gasteiger partial charge in [-0.2, -0.15) is 0 Å². The fraction of sp³-hybridized carbons (Fsp3) is 0.400. The Labute approximate surface area is 157 Å². The van der Waals surface area contributed by atoms with E-state index in [9.17, 15) is 9.59 Å². The zero-order chi connectivity index (χ0) is 18.5. The van der Waals surface area contributed by atoms with Crippen LogP contribution in [-0.2, 0) is 9.53 Å². The van der Waals surface area contributed by atoms with E-state index in [-0.39, 0.29) is 17.1 Å². The highest BCUT2D eigenvalue weighted by atomic mass is 32.2. The molecule has 0 aliphatic carbocycles. The summed E-state index contributed by atoms with van der Waals surface area (Å²) in [4.78, 5) is 26.4. The molecule has 1 atom stereocenters. The first-order valence-corrected chi connectivity index (χ1v) is 9.81. The van der Waals surface area contributed by atoms with Crippen molar-refractivity contribution in [3.8, 4) is 5.75 Å². The molecular weight excluding hydrogens is 350 g/mol. The summed E-state index contributed by atoms with van der Waals surface area (Å²) in [6.07, 6.45) is 0.877. The van der Waals surface area contributed by atoms with Crippen LogP contribution in [0.3, 0.4) is 0 Å². The number of nitrogens with zero attached hydrogens (tertiary/aromatic N) is 1. The number of methoxy groups -OCH3 is 1. The molecule has 1 heterocycles. The summed E-state index contributed by atoms with van der Waals surface area (Å²) >= 11 is 1.55. The van der Waals surface area contributed by atoms with Gasteiger partial charge in [0.2, 0.25) is 0 Å². The second-order valence-electron chi connectivity index (χ2n) is 6.14. The highest BCUT2D eigenvalue weighted by Crippen LogP contribution is 2.32. The van der Waals surface area contributed by atoms with Gasteiger partial charge in [-0.3, -0.25) is 9.59 Å². The van der Waals surface area contributed by atoms with Gasteiger partial charge < -0.3 is 14.4 Å². The number of amides is 1. The zero-order valence-electron chi connectivity index (χ0n) is 15.1. The quantitative estimate of drug-likeness (QED) is 0.727. The minimum absolute atomic E-state index is 0.00795. The summed E-state index contributed by atoms with van der Waals surface area (Å²) in [5.41, 5.74) is 0.628. The molecule has 1 fully saturated rings. The van der Waals surface area contributed by atoms with Crippen molar-refractivity contribution < 1.29 is 19.1 Å². The van der Waals surface area contributed by atoms with E-state index in [4.69, 9.17) is 4.74 Å². The van der Waals surface area contributed by atoms with Gasteiger partial charge in [0.05, 0.1) is 25.0 Å². The van der Waals surface area contributed by atoms with E-state index in [0.29, 0.717) is 36.8 Å². The SMILES string of the molecule is CCOc1ccc2ccccc2c1C(=O)N1CC[C@@H](SCC(=O)OC)C1. The van der Waals surface area contributed by atoms with Crippen molar-refractivity contribution in [1.29, 1.82) is 0 Å². The summed E-state index contributed by atoms with van der Waals surface area (Å²) in [6.45, 7) is 3.75. The number of carbonyl (C=O) groups excluding carboxylic acids is 2. The third-order valence-corrected chi connectivity index (χ3v) is 5.76. The molecule has 138 valence electrons. The van der Waals surface area contributed by atoms with Gasteiger partial charge in [-0.25, -0.2) is 0 Å². The molecule has 0 N–H and O–H groups in total. The van der Waals surface area contributed by atoms with Gasteiger partial charge >= 0.3 is 5.97 Å². The minimum Gasteiger partial charge on any atom is -0.493 e. The predicted molar refractivity (Wildman–Crippen MR) is 104 cm³/mol. The average molecular weight is 373 g/mol. The van der Waals surface area contributed by atoms with Gasteiger partial charge in [-0.1, -0.05) is 30.3 Å². The molecule has 0 saturated carbocycles. The smallest absolute Gasteiger partial charge is 0.315 e. The van der Waals surface area contributed by atoms with E-state index in [2.05, 4.69) is 4.74 Å². The molecule has 26 heavy (non-hydrogen) atoms. The molecule has 2 aromatic rings. The van der Waals surface area contributed by atoms with Gasteiger partial charge in [0.1, 0.15) is 5.75 Å². The Hall–Kier alpha value is -2.21. The number of likely N-dealkylation sites (tertiary alicyclic amines) is 1. The summed E-state index contributed by atoms with van der Waals surface area (Å²) in [5.74, 6) is 0.711. The highest BCUT2D eigenvalue weighted by Gasteiger charge is 2.30. The highest BCUT2D eigenvalue weighted by molar-refractivity contribution is 8.00. The fourth-order valence-electron chi connectivity index (χ4n) is 3.20. The Morgan fingerprint density at radius 1 is 1.23 bits per heavy atom. The predicted octanol–water partition coefficient (Wildman–Crippen LogP) is 3.36. The van der Waals surface area contributed by atoms with Crippen LogP contribution in [0.4, 0.5) is 0 Å². The van der Waals surface area contributed by atoms with E-state index in [0.717, 1.165) is 17.2 Å². The number of fused-ring (bicyclic) bond motifs is 1.